The van der Waals surface area contributed by atoms with E-state index in [-0.39, 0.29) is 17.8 Å². The topological polar surface area (TPSA) is 62.4 Å². The second-order valence-electron chi connectivity index (χ2n) is 7.81. The lowest BCUT2D eigenvalue weighted by Crippen LogP contribution is -2.39. The van der Waals surface area contributed by atoms with E-state index in [0.29, 0.717) is 11.8 Å². The summed E-state index contributed by atoms with van der Waals surface area (Å²) in [4.78, 5) is 11.5. The van der Waals surface area contributed by atoms with Gasteiger partial charge in [-0.2, -0.15) is 0 Å². The van der Waals surface area contributed by atoms with Gasteiger partial charge in [-0.25, -0.2) is 0 Å². The first kappa shape index (κ1) is 13.1. The van der Waals surface area contributed by atoms with Crippen LogP contribution in [0.4, 0.5) is 0 Å². The molecule has 2 saturated carbocycles. The van der Waals surface area contributed by atoms with Crippen molar-refractivity contribution in [1.29, 1.82) is 0 Å². The van der Waals surface area contributed by atoms with Crippen LogP contribution >= 0.6 is 0 Å². The molecular weight excluding hydrogens is 256 g/mol. The normalized spacial score (nSPS) is 51.8. The van der Waals surface area contributed by atoms with Gasteiger partial charge in [0.25, 0.3) is 0 Å². The molecule has 2 saturated heterocycles. The number of epoxide rings is 2. The van der Waals surface area contributed by atoms with Crippen LogP contribution in [-0.2, 0) is 14.3 Å². The lowest BCUT2D eigenvalue weighted by Gasteiger charge is -2.39. The molecule has 4 fully saturated rings. The number of carboxylic acids is 1. The Balaban J connectivity index is 1.56. The molecule has 0 bridgehead atoms. The fraction of sp³-hybridized carbons (Fsp3) is 0.938. The molecule has 4 rings (SSSR count). The lowest BCUT2D eigenvalue weighted by molar-refractivity contribution is -0.145. The van der Waals surface area contributed by atoms with E-state index in [1.54, 1.807) is 0 Å². The SMILES string of the molecule is CC1C(C(=O)O)CC23OC2(O3)C1CC1(C)CCCCC1. The van der Waals surface area contributed by atoms with Gasteiger partial charge in [0, 0.05) is 12.3 Å². The summed E-state index contributed by atoms with van der Waals surface area (Å²) in [6.07, 6.45) is 8.07. The largest absolute Gasteiger partial charge is 0.481 e. The highest BCUT2D eigenvalue weighted by Gasteiger charge is 2.95. The molecule has 2 heterocycles. The number of carbonyl (C=O) groups is 1. The predicted molar refractivity (Wildman–Crippen MR) is 71.8 cm³/mol. The van der Waals surface area contributed by atoms with Crippen molar-refractivity contribution in [3.8, 4) is 0 Å². The molecule has 4 nitrogen and oxygen atoms in total. The average molecular weight is 280 g/mol. The van der Waals surface area contributed by atoms with E-state index in [1.807, 2.05) is 0 Å². The van der Waals surface area contributed by atoms with Gasteiger partial charge >= 0.3 is 5.97 Å². The quantitative estimate of drug-likeness (QED) is 0.807. The number of hydrogen-bond donors (Lipinski definition) is 1. The Morgan fingerprint density at radius 3 is 2.50 bits per heavy atom. The van der Waals surface area contributed by atoms with Crippen LogP contribution < -0.4 is 0 Å². The summed E-state index contributed by atoms with van der Waals surface area (Å²) in [5.74, 6) is -1.50. The van der Waals surface area contributed by atoms with Crippen molar-refractivity contribution in [1.82, 2.24) is 0 Å². The van der Waals surface area contributed by atoms with E-state index in [4.69, 9.17) is 9.47 Å². The third-order valence-electron chi connectivity index (χ3n) is 6.42. The zero-order valence-electron chi connectivity index (χ0n) is 12.4. The van der Waals surface area contributed by atoms with Crippen LogP contribution in [-0.4, -0.2) is 22.7 Å². The van der Waals surface area contributed by atoms with Crippen LogP contribution in [0.3, 0.4) is 0 Å². The summed E-state index contributed by atoms with van der Waals surface area (Å²) in [5.41, 5.74) is 0.343. The molecule has 0 aromatic carbocycles. The summed E-state index contributed by atoms with van der Waals surface area (Å²) in [7, 11) is 0. The summed E-state index contributed by atoms with van der Waals surface area (Å²) in [5, 5.41) is 9.45. The molecule has 4 aliphatic rings. The molecule has 20 heavy (non-hydrogen) atoms. The third kappa shape index (κ3) is 1.58. The molecule has 2 aliphatic heterocycles. The average Bonchev–Trinajstić information content (AvgIpc) is 3.19. The first-order chi connectivity index (χ1) is 9.42. The van der Waals surface area contributed by atoms with Crippen molar-refractivity contribution >= 4 is 5.97 Å². The van der Waals surface area contributed by atoms with Crippen molar-refractivity contribution in [2.45, 2.75) is 70.4 Å². The maximum atomic E-state index is 11.5. The number of aliphatic carboxylic acids is 1. The predicted octanol–water partition coefficient (Wildman–Crippen LogP) is 3.16. The Morgan fingerprint density at radius 2 is 1.90 bits per heavy atom. The summed E-state index contributed by atoms with van der Waals surface area (Å²) in [6.45, 7) is 4.45. The van der Waals surface area contributed by atoms with Gasteiger partial charge in [-0.05, 0) is 30.6 Å². The number of hydrogen-bond acceptors (Lipinski definition) is 3. The van der Waals surface area contributed by atoms with Crippen LogP contribution in [0.25, 0.3) is 0 Å². The van der Waals surface area contributed by atoms with E-state index >= 15 is 0 Å². The van der Waals surface area contributed by atoms with Gasteiger partial charge in [-0.3, -0.25) is 4.79 Å². The fourth-order valence-electron chi connectivity index (χ4n) is 4.98. The van der Waals surface area contributed by atoms with Gasteiger partial charge in [0.05, 0.1) is 5.92 Å². The molecule has 0 radical (unpaired) electrons. The minimum Gasteiger partial charge on any atom is -0.481 e. The van der Waals surface area contributed by atoms with Crippen LogP contribution in [0.5, 0.6) is 0 Å². The van der Waals surface area contributed by atoms with Crippen molar-refractivity contribution in [2.24, 2.45) is 23.2 Å². The Kier molecular flexibility index (Phi) is 2.47. The summed E-state index contributed by atoms with van der Waals surface area (Å²) < 4.78 is 11.6. The zero-order valence-corrected chi connectivity index (χ0v) is 12.4. The van der Waals surface area contributed by atoms with Gasteiger partial charge in [0.15, 0.2) is 0 Å². The van der Waals surface area contributed by atoms with Crippen molar-refractivity contribution in [3.63, 3.8) is 0 Å². The molecule has 4 heteroatoms. The maximum absolute atomic E-state index is 11.5. The second kappa shape index (κ2) is 3.77. The molecule has 1 N–H and O–H groups in total. The molecule has 3 atom stereocenters. The highest BCUT2D eigenvalue weighted by Crippen LogP contribution is 2.79. The Labute approximate surface area is 119 Å². The van der Waals surface area contributed by atoms with E-state index < -0.39 is 17.5 Å². The molecule has 0 aromatic heterocycles. The van der Waals surface area contributed by atoms with Gasteiger partial charge < -0.3 is 14.6 Å². The molecule has 112 valence electrons. The first-order valence-corrected chi connectivity index (χ1v) is 8.05. The summed E-state index contributed by atoms with van der Waals surface area (Å²) in [6, 6.07) is 0. The van der Waals surface area contributed by atoms with E-state index in [1.165, 1.54) is 32.1 Å². The van der Waals surface area contributed by atoms with E-state index in [0.717, 1.165) is 6.42 Å². The van der Waals surface area contributed by atoms with Crippen molar-refractivity contribution < 1.29 is 19.4 Å². The monoisotopic (exact) mass is 280 g/mol. The van der Waals surface area contributed by atoms with Crippen molar-refractivity contribution in [3.05, 3.63) is 0 Å². The van der Waals surface area contributed by atoms with Gasteiger partial charge in [-0.15, -0.1) is 0 Å². The first-order valence-electron chi connectivity index (χ1n) is 8.05. The minimum atomic E-state index is -0.690. The second-order valence-corrected chi connectivity index (χ2v) is 7.81. The van der Waals surface area contributed by atoms with E-state index in [9.17, 15) is 9.90 Å². The molecule has 0 amide bonds. The molecular formula is C16H24O4. The minimum absolute atomic E-state index is 0.143. The highest BCUT2D eigenvalue weighted by atomic mass is 17.0. The molecule has 0 aromatic rings. The van der Waals surface area contributed by atoms with E-state index in [2.05, 4.69) is 13.8 Å². The van der Waals surface area contributed by atoms with Crippen LogP contribution in [0, 0.1) is 23.2 Å². The lowest BCUT2D eigenvalue weighted by atomic mass is 9.63. The molecule has 0 spiro atoms. The Hall–Kier alpha value is -0.610. The standard InChI is InChI=1S/C16H24O4/c1-10-11(13(17)18)8-15-16(19-15,20-15)12(10)9-14(2)6-4-3-5-7-14/h10-12H,3-9H2,1-2H3,(H,17,18). The van der Waals surface area contributed by atoms with Crippen LogP contribution in [0.2, 0.25) is 0 Å². The number of carboxylic acid groups (broad SMARTS) is 1. The number of ether oxygens (including phenoxy) is 2. The smallest absolute Gasteiger partial charge is 0.306 e. The van der Waals surface area contributed by atoms with Crippen LogP contribution in [0.1, 0.15) is 58.8 Å². The van der Waals surface area contributed by atoms with Crippen LogP contribution in [0.15, 0.2) is 0 Å². The van der Waals surface area contributed by atoms with Gasteiger partial charge in [-0.1, -0.05) is 33.1 Å². The summed E-state index contributed by atoms with van der Waals surface area (Å²) >= 11 is 0. The zero-order chi connectivity index (χ0) is 14.2. The highest BCUT2D eigenvalue weighted by molar-refractivity contribution is 5.71. The van der Waals surface area contributed by atoms with Gasteiger partial charge in [0.2, 0.25) is 11.6 Å². The van der Waals surface area contributed by atoms with Crippen molar-refractivity contribution in [2.75, 3.05) is 0 Å². The maximum Gasteiger partial charge on any atom is 0.306 e. The molecule has 3 unspecified atom stereocenters. The Morgan fingerprint density at radius 1 is 1.25 bits per heavy atom. The molecule has 2 aliphatic carbocycles. The Bertz CT molecular complexity index is 445. The number of rotatable bonds is 3. The van der Waals surface area contributed by atoms with Gasteiger partial charge in [0.1, 0.15) is 0 Å². The third-order valence-corrected chi connectivity index (χ3v) is 6.42. The fourth-order valence-corrected chi connectivity index (χ4v) is 4.98.